The van der Waals surface area contributed by atoms with Gasteiger partial charge in [-0.05, 0) is 25.2 Å². The zero-order valence-corrected chi connectivity index (χ0v) is 8.88. The molecule has 1 fully saturated rings. The van der Waals surface area contributed by atoms with Crippen molar-refractivity contribution in [2.45, 2.75) is 52.1 Å². The standard InChI is InChI=1S/C10H21N3/c1-4-9(7(2)3)13-10(11)12-8-5-6-8/h7-9H,4-6H2,1-3H3,(H3,11,12,13). The Hall–Kier alpha value is -0.730. The molecule has 1 aliphatic carbocycles. The van der Waals surface area contributed by atoms with Crippen molar-refractivity contribution < 1.29 is 0 Å². The summed E-state index contributed by atoms with van der Waals surface area (Å²) in [5.41, 5.74) is 5.77. The Morgan fingerprint density at radius 1 is 1.54 bits per heavy atom. The molecule has 0 radical (unpaired) electrons. The van der Waals surface area contributed by atoms with Crippen LogP contribution in [0.15, 0.2) is 4.99 Å². The van der Waals surface area contributed by atoms with Crippen molar-refractivity contribution >= 4 is 5.96 Å². The molecule has 1 atom stereocenters. The second-order valence-electron chi connectivity index (χ2n) is 4.15. The fourth-order valence-electron chi connectivity index (χ4n) is 1.37. The summed E-state index contributed by atoms with van der Waals surface area (Å²) in [5, 5.41) is 3.27. The van der Waals surface area contributed by atoms with Crippen LogP contribution in [0, 0.1) is 5.92 Å². The maximum absolute atomic E-state index is 5.77. The molecule has 3 nitrogen and oxygen atoms in total. The molecule has 76 valence electrons. The number of hydrogen-bond acceptors (Lipinski definition) is 1. The highest BCUT2D eigenvalue weighted by Crippen LogP contribution is 2.23. The van der Waals surface area contributed by atoms with Crippen LogP contribution in [0.2, 0.25) is 0 Å². The molecule has 1 rings (SSSR count). The number of rotatable bonds is 4. The van der Waals surface area contributed by atoms with Gasteiger partial charge in [-0.15, -0.1) is 0 Å². The lowest BCUT2D eigenvalue weighted by Gasteiger charge is -2.21. The molecule has 1 unspecified atom stereocenters. The van der Waals surface area contributed by atoms with Gasteiger partial charge in [0.25, 0.3) is 0 Å². The second kappa shape index (κ2) is 4.49. The number of aliphatic imine (C=N–C) groups is 1. The Morgan fingerprint density at radius 2 is 2.15 bits per heavy atom. The van der Waals surface area contributed by atoms with Crippen molar-refractivity contribution in [1.82, 2.24) is 5.32 Å². The van der Waals surface area contributed by atoms with Gasteiger partial charge in [0.1, 0.15) is 0 Å². The van der Waals surface area contributed by atoms with Crippen LogP contribution in [-0.2, 0) is 0 Å². The van der Waals surface area contributed by atoms with E-state index < -0.39 is 0 Å². The van der Waals surface area contributed by atoms with E-state index in [-0.39, 0.29) is 0 Å². The Morgan fingerprint density at radius 3 is 2.54 bits per heavy atom. The van der Waals surface area contributed by atoms with E-state index >= 15 is 0 Å². The van der Waals surface area contributed by atoms with Gasteiger partial charge in [-0.2, -0.15) is 0 Å². The number of nitrogens with two attached hydrogens (primary N) is 1. The predicted molar refractivity (Wildman–Crippen MR) is 56.7 cm³/mol. The number of guanidine groups is 1. The van der Waals surface area contributed by atoms with Crippen molar-refractivity contribution in [3.8, 4) is 0 Å². The van der Waals surface area contributed by atoms with Crippen LogP contribution < -0.4 is 11.1 Å². The van der Waals surface area contributed by atoms with Crippen molar-refractivity contribution in [2.75, 3.05) is 0 Å². The van der Waals surface area contributed by atoms with Crippen LogP contribution in [0.1, 0.15) is 40.0 Å². The van der Waals surface area contributed by atoms with E-state index in [2.05, 4.69) is 31.1 Å². The molecule has 0 aromatic rings. The van der Waals surface area contributed by atoms with Gasteiger partial charge < -0.3 is 11.1 Å². The topological polar surface area (TPSA) is 50.4 Å². The molecule has 0 spiro atoms. The molecule has 0 aliphatic heterocycles. The molecule has 0 heterocycles. The summed E-state index contributed by atoms with van der Waals surface area (Å²) in [4.78, 5) is 4.34. The summed E-state index contributed by atoms with van der Waals surface area (Å²) in [7, 11) is 0. The second-order valence-corrected chi connectivity index (χ2v) is 4.15. The molecule has 3 N–H and O–H groups in total. The molecule has 3 heteroatoms. The summed E-state index contributed by atoms with van der Waals surface area (Å²) in [6, 6.07) is 0.972. The molecule has 0 saturated heterocycles. The van der Waals surface area contributed by atoms with E-state index in [1.54, 1.807) is 0 Å². The van der Waals surface area contributed by atoms with Crippen molar-refractivity contribution in [3.63, 3.8) is 0 Å². The zero-order chi connectivity index (χ0) is 9.84. The molecule has 0 bridgehead atoms. The average molecular weight is 183 g/mol. The summed E-state index contributed by atoms with van der Waals surface area (Å²) in [5.74, 6) is 1.24. The van der Waals surface area contributed by atoms with E-state index in [0.717, 1.165) is 6.42 Å². The van der Waals surface area contributed by atoms with Gasteiger partial charge in [0, 0.05) is 6.04 Å². The zero-order valence-electron chi connectivity index (χ0n) is 8.88. The quantitative estimate of drug-likeness (QED) is 0.512. The molecule has 0 amide bonds. The molecule has 13 heavy (non-hydrogen) atoms. The monoisotopic (exact) mass is 183 g/mol. The Bertz CT molecular complexity index is 183. The fourth-order valence-corrected chi connectivity index (χ4v) is 1.37. The van der Waals surface area contributed by atoms with Crippen LogP contribution in [0.3, 0.4) is 0 Å². The predicted octanol–water partition coefficient (Wildman–Crippen LogP) is 1.49. The Kier molecular flexibility index (Phi) is 3.58. The Balaban J connectivity index is 2.35. The minimum atomic E-state index is 0.461. The van der Waals surface area contributed by atoms with E-state index in [1.165, 1.54) is 12.8 Å². The Labute approximate surface area is 80.8 Å². The first-order valence-corrected chi connectivity index (χ1v) is 5.23. The molecular weight excluding hydrogens is 162 g/mol. The summed E-state index contributed by atoms with van der Waals surface area (Å²) in [6.45, 7) is 6.57. The minimum absolute atomic E-state index is 0.461. The molecule has 1 saturated carbocycles. The van der Waals surface area contributed by atoms with Crippen molar-refractivity contribution in [1.29, 1.82) is 0 Å². The average Bonchev–Trinajstić information content (AvgIpc) is 2.83. The summed E-state index contributed by atoms with van der Waals surface area (Å²) < 4.78 is 0. The van der Waals surface area contributed by atoms with Crippen LogP contribution in [0.5, 0.6) is 0 Å². The summed E-state index contributed by atoms with van der Waals surface area (Å²) in [6.07, 6.45) is 3.51. The third kappa shape index (κ3) is 3.66. The smallest absolute Gasteiger partial charge is 0.189 e. The minimum Gasteiger partial charge on any atom is -0.370 e. The van der Waals surface area contributed by atoms with Crippen LogP contribution >= 0.6 is 0 Å². The van der Waals surface area contributed by atoms with E-state index in [9.17, 15) is 0 Å². The molecule has 0 aromatic carbocycles. The maximum Gasteiger partial charge on any atom is 0.189 e. The van der Waals surface area contributed by atoms with Gasteiger partial charge >= 0.3 is 0 Å². The fraction of sp³-hybridized carbons (Fsp3) is 0.900. The molecule has 1 aliphatic rings. The first-order valence-electron chi connectivity index (χ1n) is 5.23. The lowest BCUT2D eigenvalue weighted by molar-refractivity contribution is 0.440. The number of hydrogen-bond donors (Lipinski definition) is 2. The van der Waals surface area contributed by atoms with E-state index in [1.807, 2.05) is 0 Å². The SMILES string of the molecule is CCC(NC(N)=NC1CC1)C(C)C. The lowest BCUT2D eigenvalue weighted by Crippen LogP contribution is -2.42. The van der Waals surface area contributed by atoms with E-state index in [4.69, 9.17) is 5.73 Å². The third-order valence-electron chi connectivity index (χ3n) is 2.45. The van der Waals surface area contributed by atoms with Gasteiger partial charge in [-0.25, -0.2) is 0 Å². The maximum atomic E-state index is 5.77. The normalized spacial score (nSPS) is 20.5. The van der Waals surface area contributed by atoms with Crippen LogP contribution in [0.4, 0.5) is 0 Å². The lowest BCUT2D eigenvalue weighted by atomic mass is 10.0. The molecular formula is C10H21N3. The summed E-state index contributed by atoms with van der Waals surface area (Å²) >= 11 is 0. The third-order valence-corrected chi connectivity index (χ3v) is 2.45. The van der Waals surface area contributed by atoms with Gasteiger partial charge in [-0.1, -0.05) is 20.8 Å². The van der Waals surface area contributed by atoms with Gasteiger partial charge in [0.2, 0.25) is 0 Å². The van der Waals surface area contributed by atoms with Crippen molar-refractivity contribution in [2.24, 2.45) is 16.6 Å². The van der Waals surface area contributed by atoms with Crippen LogP contribution in [0.25, 0.3) is 0 Å². The largest absolute Gasteiger partial charge is 0.370 e. The van der Waals surface area contributed by atoms with Crippen LogP contribution in [-0.4, -0.2) is 18.0 Å². The van der Waals surface area contributed by atoms with Gasteiger partial charge in [-0.3, -0.25) is 4.99 Å². The van der Waals surface area contributed by atoms with Gasteiger partial charge in [0.15, 0.2) is 5.96 Å². The highest BCUT2D eigenvalue weighted by atomic mass is 15.1. The van der Waals surface area contributed by atoms with Gasteiger partial charge in [0.05, 0.1) is 6.04 Å². The first kappa shape index (κ1) is 10.4. The highest BCUT2D eigenvalue weighted by Gasteiger charge is 2.21. The van der Waals surface area contributed by atoms with Crippen molar-refractivity contribution in [3.05, 3.63) is 0 Å². The number of nitrogens with one attached hydrogen (secondary N) is 1. The first-order chi connectivity index (χ1) is 6.13. The van der Waals surface area contributed by atoms with E-state index in [0.29, 0.717) is 24.0 Å². The highest BCUT2D eigenvalue weighted by molar-refractivity contribution is 5.78. The number of nitrogens with zero attached hydrogens (tertiary/aromatic N) is 1. The molecule has 0 aromatic heterocycles.